The van der Waals surface area contributed by atoms with E-state index in [1.54, 1.807) is 0 Å². The van der Waals surface area contributed by atoms with Gasteiger partial charge in [0, 0.05) is 43.2 Å². The van der Waals surface area contributed by atoms with E-state index in [9.17, 15) is 0 Å². The van der Waals surface area contributed by atoms with Crippen molar-refractivity contribution < 1.29 is 0 Å². The minimum absolute atomic E-state index is 0.541. The molecular weight excluding hydrogens is 389 g/mol. The highest BCUT2D eigenvalue weighted by molar-refractivity contribution is 6.33. The molecule has 2 heterocycles. The van der Waals surface area contributed by atoms with Gasteiger partial charge in [-0.15, -0.1) is 0 Å². The molecule has 5 rings (SSSR count). The highest BCUT2D eigenvalue weighted by Crippen LogP contribution is 2.34. The number of benzene rings is 2. The van der Waals surface area contributed by atoms with E-state index in [0.717, 1.165) is 53.8 Å². The number of hydrogen-bond donors (Lipinski definition) is 0. The molecule has 144 valence electrons. The van der Waals surface area contributed by atoms with Crippen LogP contribution in [-0.4, -0.2) is 27.0 Å². The van der Waals surface area contributed by atoms with Crippen molar-refractivity contribution >= 4 is 23.2 Å². The Labute approximate surface area is 175 Å². The summed E-state index contributed by atoms with van der Waals surface area (Å²) in [6.45, 7) is 1.99. The Hall–Kier alpha value is -1.81. The van der Waals surface area contributed by atoms with Gasteiger partial charge in [0.2, 0.25) is 0 Å². The third kappa shape index (κ3) is 3.06. The van der Waals surface area contributed by atoms with E-state index >= 15 is 0 Å². The van der Waals surface area contributed by atoms with Crippen molar-refractivity contribution in [2.45, 2.75) is 38.3 Å². The van der Waals surface area contributed by atoms with Crippen molar-refractivity contribution in [2.24, 2.45) is 7.05 Å². The van der Waals surface area contributed by atoms with E-state index in [2.05, 4.69) is 28.6 Å². The molecule has 2 aliphatic rings. The Morgan fingerprint density at radius 2 is 1.82 bits per heavy atom. The first-order valence-corrected chi connectivity index (χ1v) is 10.7. The third-order valence-electron chi connectivity index (χ3n) is 6.32. The van der Waals surface area contributed by atoms with Crippen LogP contribution in [0.25, 0.3) is 11.4 Å². The number of nitrogens with zero attached hydrogens (tertiary/aromatic N) is 3. The monoisotopic (exact) mass is 411 g/mol. The average molecular weight is 412 g/mol. The fourth-order valence-electron chi connectivity index (χ4n) is 4.74. The van der Waals surface area contributed by atoms with Gasteiger partial charge in [-0.2, -0.15) is 0 Å². The number of imidazole rings is 1. The highest BCUT2D eigenvalue weighted by atomic mass is 35.5. The maximum Gasteiger partial charge on any atom is 0.141 e. The summed E-state index contributed by atoms with van der Waals surface area (Å²) in [6.07, 6.45) is 4.33. The van der Waals surface area contributed by atoms with Gasteiger partial charge in [0.1, 0.15) is 5.82 Å². The number of aromatic nitrogens is 2. The number of aryl methyl sites for hydroxylation is 1. The molecule has 28 heavy (non-hydrogen) atoms. The maximum absolute atomic E-state index is 6.49. The van der Waals surface area contributed by atoms with Crippen molar-refractivity contribution in [1.82, 2.24) is 14.5 Å². The average Bonchev–Trinajstić information content (AvgIpc) is 3.04. The molecule has 0 N–H and O–H groups in total. The lowest BCUT2D eigenvalue weighted by Crippen LogP contribution is -2.42. The van der Waals surface area contributed by atoms with Crippen molar-refractivity contribution in [3.8, 4) is 11.4 Å². The van der Waals surface area contributed by atoms with Crippen LogP contribution < -0.4 is 0 Å². The zero-order chi connectivity index (χ0) is 19.3. The van der Waals surface area contributed by atoms with E-state index < -0.39 is 0 Å². The lowest BCUT2D eigenvalue weighted by Gasteiger charge is -2.37. The molecule has 0 spiro atoms. The second kappa shape index (κ2) is 7.22. The van der Waals surface area contributed by atoms with Gasteiger partial charge in [0.05, 0.1) is 16.4 Å². The Kier molecular flexibility index (Phi) is 4.70. The number of halogens is 2. The molecule has 0 fully saturated rings. The Morgan fingerprint density at radius 3 is 2.68 bits per heavy atom. The lowest BCUT2D eigenvalue weighted by molar-refractivity contribution is 0.159. The van der Waals surface area contributed by atoms with Crippen LogP contribution in [0, 0.1) is 0 Å². The molecule has 0 bridgehead atoms. The molecule has 1 aliphatic carbocycles. The summed E-state index contributed by atoms with van der Waals surface area (Å²) in [6, 6.07) is 14.8. The molecule has 1 aliphatic heterocycles. The van der Waals surface area contributed by atoms with Crippen molar-refractivity contribution in [1.29, 1.82) is 0 Å². The second-order valence-corrected chi connectivity index (χ2v) is 8.68. The molecule has 1 atom stereocenters. The number of hydrogen-bond acceptors (Lipinski definition) is 2. The fourth-order valence-corrected chi connectivity index (χ4v) is 5.23. The Balaban J connectivity index is 1.42. The van der Waals surface area contributed by atoms with Crippen LogP contribution in [0.2, 0.25) is 10.0 Å². The largest absolute Gasteiger partial charge is 0.330 e. The molecule has 0 amide bonds. The smallest absolute Gasteiger partial charge is 0.141 e. The van der Waals surface area contributed by atoms with Crippen LogP contribution >= 0.6 is 23.2 Å². The van der Waals surface area contributed by atoms with E-state index in [1.165, 1.54) is 28.9 Å². The summed E-state index contributed by atoms with van der Waals surface area (Å²) in [7, 11) is 2.11. The van der Waals surface area contributed by atoms with Gasteiger partial charge in [-0.25, -0.2) is 4.98 Å². The molecule has 3 nitrogen and oxygen atoms in total. The first-order valence-electron chi connectivity index (χ1n) is 9.91. The third-order valence-corrected chi connectivity index (χ3v) is 7.00. The number of rotatable bonds is 2. The van der Waals surface area contributed by atoms with Gasteiger partial charge in [0.15, 0.2) is 0 Å². The van der Waals surface area contributed by atoms with Gasteiger partial charge in [-0.3, -0.25) is 4.90 Å². The van der Waals surface area contributed by atoms with Gasteiger partial charge in [-0.1, -0.05) is 47.5 Å². The lowest BCUT2D eigenvalue weighted by atomic mass is 9.87. The molecule has 0 saturated carbocycles. The molecule has 3 aromatic rings. The quantitative estimate of drug-likeness (QED) is 0.569. The van der Waals surface area contributed by atoms with Gasteiger partial charge in [-0.05, 0) is 48.6 Å². The zero-order valence-electron chi connectivity index (χ0n) is 16.0. The SMILES string of the molecule is Cn1c(-c2ccccc2Cl)nc2c1CN(C1CCc3cccc(Cl)c3C1)CC2. The van der Waals surface area contributed by atoms with E-state index in [1.807, 2.05) is 30.3 Å². The molecular formula is C23H23Cl2N3. The van der Waals surface area contributed by atoms with Crippen LogP contribution in [0.5, 0.6) is 0 Å². The van der Waals surface area contributed by atoms with Gasteiger partial charge >= 0.3 is 0 Å². The molecule has 1 unspecified atom stereocenters. The molecule has 0 radical (unpaired) electrons. The molecule has 2 aromatic carbocycles. The van der Waals surface area contributed by atoms with Crippen molar-refractivity contribution in [3.63, 3.8) is 0 Å². The van der Waals surface area contributed by atoms with Crippen LogP contribution in [0.3, 0.4) is 0 Å². The van der Waals surface area contributed by atoms with Crippen molar-refractivity contribution in [3.05, 3.63) is 75.0 Å². The summed E-state index contributed by atoms with van der Waals surface area (Å²) in [5, 5.41) is 1.67. The molecule has 1 aromatic heterocycles. The Bertz CT molecular complexity index is 1040. The second-order valence-electron chi connectivity index (χ2n) is 7.86. The summed E-state index contributed by atoms with van der Waals surface area (Å²) in [5.41, 5.74) is 6.29. The minimum atomic E-state index is 0.541. The first-order chi connectivity index (χ1) is 13.6. The van der Waals surface area contributed by atoms with E-state index in [0.29, 0.717) is 6.04 Å². The van der Waals surface area contributed by atoms with E-state index in [4.69, 9.17) is 28.2 Å². The Morgan fingerprint density at radius 1 is 1.00 bits per heavy atom. The maximum atomic E-state index is 6.49. The van der Waals surface area contributed by atoms with Crippen molar-refractivity contribution in [2.75, 3.05) is 6.54 Å². The minimum Gasteiger partial charge on any atom is -0.330 e. The van der Waals surface area contributed by atoms with Gasteiger partial charge in [0.25, 0.3) is 0 Å². The standard InChI is InChI=1S/C23H23Cl2N3/c1-27-22-14-28(16-10-9-15-5-4-8-20(25)18(15)13-16)12-11-21(22)26-23(27)17-6-2-3-7-19(17)24/h2-8,16H,9-14H2,1H3. The first kappa shape index (κ1) is 18.2. The predicted molar refractivity (Wildman–Crippen MR) is 115 cm³/mol. The highest BCUT2D eigenvalue weighted by Gasteiger charge is 2.30. The van der Waals surface area contributed by atoms with Crippen LogP contribution in [-0.2, 0) is 32.9 Å². The number of fused-ring (bicyclic) bond motifs is 2. The summed E-state index contributed by atoms with van der Waals surface area (Å²) in [5.74, 6) is 0.967. The van der Waals surface area contributed by atoms with Crippen LogP contribution in [0.1, 0.15) is 28.9 Å². The van der Waals surface area contributed by atoms with Gasteiger partial charge < -0.3 is 4.57 Å². The van der Waals surface area contributed by atoms with Crippen LogP contribution in [0.4, 0.5) is 0 Å². The normalized spacial score (nSPS) is 19.3. The van der Waals surface area contributed by atoms with E-state index in [-0.39, 0.29) is 0 Å². The summed E-state index contributed by atoms with van der Waals surface area (Å²) in [4.78, 5) is 7.56. The topological polar surface area (TPSA) is 21.1 Å². The fraction of sp³-hybridized carbons (Fsp3) is 0.348. The predicted octanol–water partition coefficient (Wildman–Crippen LogP) is 5.31. The zero-order valence-corrected chi connectivity index (χ0v) is 17.5. The molecule has 0 saturated heterocycles. The molecule has 5 heteroatoms. The van der Waals surface area contributed by atoms with Crippen LogP contribution in [0.15, 0.2) is 42.5 Å². The summed E-state index contributed by atoms with van der Waals surface area (Å²) < 4.78 is 2.23. The summed E-state index contributed by atoms with van der Waals surface area (Å²) >= 11 is 12.9.